The quantitative estimate of drug-likeness (QED) is 0.257. The van der Waals surface area contributed by atoms with Gasteiger partial charge < -0.3 is 9.47 Å². The Morgan fingerprint density at radius 3 is 1.16 bits per heavy atom. The maximum absolute atomic E-state index is 5.93. The highest BCUT2D eigenvalue weighted by Crippen LogP contribution is 2.30. The summed E-state index contributed by atoms with van der Waals surface area (Å²) in [6, 6.07) is 30.4. The van der Waals surface area contributed by atoms with E-state index in [1.54, 1.807) is 30.3 Å². The Hall–Kier alpha value is -3.46. The highest BCUT2D eigenvalue weighted by atomic mass is 35.5. The van der Waals surface area contributed by atoms with Crippen LogP contribution in [0.15, 0.2) is 116 Å². The van der Waals surface area contributed by atoms with Gasteiger partial charge in [0.05, 0.1) is 0 Å². The zero-order valence-electron chi connectivity index (χ0n) is 17.2. The smallest absolute Gasteiger partial charge is 0.127 e. The van der Waals surface area contributed by atoms with Crippen LogP contribution in [0.2, 0.25) is 10.0 Å². The van der Waals surface area contributed by atoms with Crippen molar-refractivity contribution in [2.75, 3.05) is 0 Å². The van der Waals surface area contributed by atoms with E-state index in [1.165, 1.54) is 0 Å². The van der Waals surface area contributed by atoms with Gasteiger partial charge in [-0.25, -0.2) is 0 Å². The summed E-state index contributed by atoms with van der Waals surface area (Å²) in [7, 11) is 0. The van der Waals surface area contributed by atoms with Gasteiger partial charge in [0.15, 0.2) is 0 Å². The molecule has 0 aliphatic heterocycles. The summed E-state index contributed by atoms with van der Waals surface area (Å²) in [6.07, 6.45) is 3.77. The Balaban J connectivity index is 1.50. The van der Waals surface area contributed by atoms with Gasteiger partial charge in [0, 0.05) is 10.0 Å². The highest BCUT2D eigenvalue weighted by Gasteiger charge is 2.07. The Labute approximate surface area is 198 Å². The molecule has 4 aromatic carbocycles. The van der Waals surface area contributed by atoms with Crippen molar-refractivity contribution in [3.05, 3.63) is 137 Å². The van der Waals surface area contributed by atoms with Crippen LogP contribution in [0.1, 0.15) is 11.1 Å². The largest absolute Gasteiger partial charge is 0.457 e. The molecule has 0 radical (unpaired) electrons. The zero-order chi connectivity index (χ0) is 22.3. The highest BCUT2D eigenvalue weighted by molar-refractivity contribution is 6.30. The number of ether oxygens (including phenoxy) is 2. The van der Waals surface area contributed by atoms with Crippen LogP contribution in [-0.4, -0.2) is 0 Å². The van der Waals surface area contributed by atoms with Gasteiger partial charge in [-0.05, 0) is 89.5 Å². The van der Waals surface area contributed by atoms with E-state index in [1.807, 2.05) is 78.9 Å². The summed E-state index contributed by atoms with van der Waals surface area (Å²) in [5, 5.41) is 1.35. The van der Waals surface area contributed by atoms with Gasteiger partial charge in [0.2, 0.25) is 0 Å². The van der Waals surface area contributed by atoms with Crippen molar-refractivity contribution in [1.29, 1.82) is 0 Å². The lowest BCUT2D eigenvalue weighted by Crippen LogP contribution is -1.90. The number of hydrogen-bond acceptors (Lipinski definition) is 2. The molecule has 0 amide bonds. The average molecular weight is 459 g/mol. The van der Waals surface area contributed by atoms with E-state index >= 15 is 0 Å². The van der Waals surface area contributed by atoms with Gasteiger partial charge in [-0.2, -0.15) is 0 Å². The first kappa shape index (κ1) is 21.8. The fourth-order valence-electron chi connectivity index (χ4n) is 3.16. The lowest BCUT2D eigenvalue weighted by atomic mass is 9.97. The van der Waals surface area contributed by atoms with Crippen LogP contribution in [0.4, 0.5) is 0 Å². The predicted octanol–water partition coefficient (Wildman–Crippen LogP) is 9.20. The molecular weight excluding hydrogens is 439 g/mol. The van der Waals surface area contributed by atoms with Crippen LogP contribution in [0, 0.1) is 0 Å². The topological polar surface area (TPSA) is 18.5 Å². The Kier molecular flexibility index (Phi) is 6.96. The van der Waals surface area contributed by atoms with E-state index < -0.39 is 0 Å². The minimum atomic E-state index is 0.677. The number of allylic oxidation sites excluding steroid dienone is 2. The van der Waals surface area contributed by atoms with Crippen LogP contribution < -0.4 is 9.47 Å². The monoisotopic (exact) mass is 458 g/mol. The van der Waals surface area contributed by atoms with Crippen molar-refractivity contribution in [3.63, 3.8) is 0 Å². The second-order valence-corrected chi connectivity index (χ2v) is 7.85. The van der Waals surface area contributed by atoms with Crippen LogP contribution in [0.3, 0.4) is 0 Å². The van der Waals surface area contributed by atoms with Gasteiger partial charge in [0.1, 0.15) is 23.0 Å². The standard InChI is InChI=1S/C28H20Cl2O2/c1-2-3-28(20-4-12-24(13-5-20)31-26-16-8-22(29)9-17-26)21-6-14-25(15-7-21)32-27-18-10-23(30)11-19-27/h2-19H,1H2. The molecule has 0 atom stereocenters. The van der Waals surface area contributed by atoms with Crippen molar-refractivity contribution in [3.8, 4) is 23.0 Å². The maximum Gasteiger partial charge on any atom is 0.127 e. The molecule has 0 aliphatic carbocycles. The fourth-order valence-corrected chi connectivity index (χ4v) is 3.41. The van der Waals surface area contributed by atoms with Crippen LogP contribution in [-0.2, 0) is 0 Å². The average Bonchev–Trinajstić information content (AvgIpc) is 2.82. The number of rotatable bonds is 7. The molecule has 0 bridgehead atoms. The molecule has 4 aromatic rings. The van der Waals surface area contributed by atoms with Gasteiger partial charge in [-0.3, -0.25) is 0 Å². The van der Waals surface area contributed by atoms with Crippen molar-refractivity contribution < 1.29 is 9.47 Å². The summed E-state index contributed by atoms with van der Waals surface area (Å²) in [5.74, 6) is 2.97. The van der Waals surface area contributed by atoms with E-state index in [-0.39, 0.29) is 0 Å². The van der Waals surface area contributed by atoms with Crippen molar-refractivity contribution in [1.82, 2.24) is 0 Å². The fraction of sp³-hybridized carbons (Fsp3) is 0. The number of benzene rings is 4. The second-order valence-electron chi connectivity index (χ2n) is 6.98. The molecule has 32 heavy (non-hydrogen) atoms. The SMILES string of the molecule is C=CC=C(c1ccc(Oc2ccc(Cl)cc2)cc1)c1ccc(Oc2ccc(Cl)cc2)cc1. The number of hydrogen-bond donors (Lipinski definition) is 0. The third-order valence-corrected chi connectivity index (χ3v) is 5.22. The molecule has 0 aliphatic rings. The van der Waals surface area contributed by atoms with Crippen molar-refractivity contribution in [2.45, 2.75) is 0 Å². The normalized spacial score (nSPS) is 10.3. The Bertz CT molecular complexity index is 1120. The minimum Gasteiger partial charge on any atom is -0.457 e. The Morgan fingerprint density at radius 1 is 0.531 bits per heavy atom. The summed E-state index contributed by atoms with van der Waals surface area (Å²) in [4.78, 5) is 0. The third-order valence-electron chi connectivity index (χ3n) is 4.71. The zero-order valence-corrected chi connectivity index (χ0v) is 18.7. The lowest BCUT2D eigenvalue weighted by molar-refractivity contribution is 0.482. The van der Waals surface area contributed by atoms with E-state index in [2.05, 4.69) is 6.58 Å². The van der Waals surface area contributed by atoms with Crippen molar-refractivity contribution >= 4 is 28.8 Å². The summed E-state index contributed by atoms with van der Waals surface area (Å²) >= 11 is 11.9. The minimum absolute atomic E-state index is 0.677. The summed E-state index contributed by atoms with van der Waals surface area (Å²) in [5.41, 5.74) is 3.16. The molecule has 0 fully saturated rings. The van der Waals surface area contributed by atoms with Gasteiger partial charge in [-0.1, -0.05) is 66.2 Å². The third kappa shape index (κ3) is 5.61. The summed E-state index contributed by atoms with van der Waals surface area (Å²) < 4.78 is 11.8. The molecule has 0 saturated heterocycles. The van der Waals surface area contributed by atoms with E-state index in [0.717, 1.165) is 39.7 Å². The molecule has 0 heterocycles. The first-order chi connectivity index (χ1) is 15.6. The maximum atomic E-state index is 5.93. The van der Waals surface area contributed by atoms with E-state index in [9.17, 15) is 0 Å². The molecular formula is C28H20Cl2O2. The Morgan fingerprint density at radius 2 is 0.844 bits per heavy atom. The molecule has 0 unspecified atom stereocenters. The molecule has 158 valence electrons. The van der Waals surface area contributed by atoms with Gasteiger partial charge in [-0.15, -0.1) is 0 Å². The lowest BCUT2D eigenvalue weighted by Gasteiger charge is -2.11. The number of halogens is 2. The molecule has 0 spiro atoms. The molecule has 0 aromatic heterocycles. The van der Waals surface area contributed by atoms with Crippen LogP contribution >= 0.6 is 23.2 Å². The molecule has 0 N–H and O–H groups in total. The first-order valence-electron chi connectivity index (χ1n) is 10.0. The molecule has 4 rings (SSSR count). The van der Waals surface area contributed by atoms with Crippen LogP contribution in [0.5, 0.6) is 23.0 Å². The van der Waals surface area contributed by atoms with E-state index in [0.29, 0.717) is 10.0 Å². The van der Waals surface area contributed by atoms with Gasteiger partial charge in [0.25, 0.3) is 0 Å². The van der Waals surface area contributed by atoms with E-state index in [4.69, 9.17) is 32.7 Å². The predicted molar refractivity (Wildman–Crippen MR) is 133 cm³/mol. The second kappa shape index (κ2) is 10.2. The molecule has 2 nitrogen and oxygen atoms in total. The van der Waals surface area contributed by atoms with Crippen LogP contribution in [0.25, 0.3) is 5.57 Å². The molecule has 4 heteroatoms. The van der Waals surface area contributed by atoms with Crippen molar-refractivity contribution in [2.24, 2.45) is 0 Å². The first-order valence-corrected chi connectivity index (χ1v) is 10.8. The van der Waals surface area contributed by atoms with Gasteiger partial charge >= 0.3 is 0 Å². The molecule has 0 saturated carbocycles. The summed E-state index contributed by atoms with van der Waals surface area (Å²) in [6.45, 7) is 3.87.